The zero-order valence-corrected chi connectivity index (χ0v) is 16.4. The first-order valence-corrected chi connectivity index (χ1v) is 10.4. The molecule has 6 rings (SSSR count). The van der Waals surface area contributed by atoms with Crippen LogP contribution in [0.4, 0.5) is 0 Å². The second-order valence-electron chi connectivity index (χ2n) is 7.50. The van der Waals surface area contributed by atoms with E-state index in [9.17, 15) is 0 Å². The summed E-state index contributed by atoms with van der Waals surface area (Å²) in [6.07, 6.45) is 0. The average Bonchev–Trinajstić information content (AvgIpc) is 3.09. The minimum atomic E-state index is 1.29. The first-order chi connectivity index (χ1) is 13.8. The Balaban J connectivity index is 1.68. The molecule has 0 spiro atoms. The second kappa shape index (κ2) is 5.92. The minimum Gasteiger partial charge on any atom is -0.135 e. The van der Waals surface area contributed by atoms with E-state index in [1.807, 2.05) is 11.3 Å². The topological polar surface area (TPSA) is 0 Å². The van der Waals surface area contributed by atoms with Gasteiger partial charge < -0.3 is 0 Å². The number of hydrogen-bond donors (Lipinski definition) is 0. The first-order valence-electron chi connectivity index (χ1n) is 9.62. The van der Waals surface area contributed by atoms with E-state index in [1.165, 1.54) is 58.4 Å². The Morgan fingerprint density at radius 2 is 1.21 bits per heavy atom. The van der Waals surface area contributed by atoms with Gasteiger partial charge in [-0.15, -0.1) is 11.3 Å². The number of hydrogen-bond acceptors (Lipinski definition) is 1. The Bertz CT molecular complexity index is 1520. The van der Waals surface area contributed by atoms with Gasteiger partial charge in [-0.1, -0.05) is 72.8 Å². The monoisotopic (exact) mass is 374 g/mol. The van der Waals surface area contributed by atoms with Gasteiger partial charge >= 0.3 is 0 Å². The second-order valence-corrected chi connectivity index (χ2v) is 8.59. The molecule has 0 aliphatic carbocycles. The summed E-state index contributed by atoms with van der Waals surface area (Å²) in [7, 11) is 0. The molecule has 1 heterocycles. The Morgan fingerprint density at radius 3 is 2.07 bits per heavy atom. The van der Waals surface area contributed by atoms with Crippen LogP contribution in [0.1, 0.15) is 5.56 Å². The Hall–Kier alpha value is -3.16. The van der Waals surface area contributed by atoms with Gasteiger partial charge in [-0.25, -0.2) is 0 Å². The fraction of sp³-hybridized carbons (Fsp3) is 0.0370. The maximum Gasteiger partial charge on any atom is 0.0361 e. The van der Waals surface area contributed by atoms with Gasteiger partial charge in [0.25, 0.3) is 0 Å². The highest BCUT2D eigenvalue weighted by Crippen LogP contribution is 2.39. The fourth-order valence-electron chi connectivity index (χ4n) is 4.34. The third-order valence-electron chi connectivity index (χ3n) is 5.71. The van der Waals surface area contributed by atoms with Gasteiger partial charge in [0, 0.05) is 20.2 Å². The van der Waals surface area contributed by atoms with Gasteiger partial charge in [0.05, 0.1) is 0 Å². The van der Waals surface area contributed by atoms with Crippen LogP contribution < -0.4 is 0 Å². The number of benzene rings is 5. The molecular formula is C27H18S. The molecule has 1 heteroatoms. The smallest absolute Gasteiger partial charge is 0.0361 e. The van der Waals surface area contributed by atoms with Crippen LogP contribution in [0.25, 0.3) is 52.8 Å². The summed E-state index contributed by atoms with van der Waals surface area (Å²) < 4.78 is 2.73. The van der Waals surface area contributed by atoms with Crippen molar-refractivity contribution in [1.82, 2.24) is 0 Å². The van der Waals surface area contributed by atoms with E-state index in [1.54, 1.807) is 0 Å². The van der Waals surface area contributed by atoms with E-state index in [0.717, 1.165) is 0 Å². The number of fused-ring (bicyclic) bond motifs is 6. The quantitative estimate of drug-likeness (QED) is 0.254. The molecule has 0 fully saturated rings. The van der Waals surface area contributed by atoms with Gasteiger partial charge in [0.15, 0.2) is 0 Å². The van der Waals surface area contributed by atoms with Crippen LogP contribution in [-0.2, 0) is 0 Å². The maximum atomic E-state index is 2.37. The summed E-state index contributed by atoms with van der Waals surface area (Å²) >= 11 is 1.89. The predicted octanol–water partition coefficient (Wildman–Crippen LogP) is 8.34. The molecule has 132 valence electrons. The van der Waals surface area contributed by atoms with Gasteiger partial charge in [-0.2, -0.15) is 0 Å². The predicted molar refractivity (Wildman–Crippen MR) is 125 cm³/mol. The Kier molecular flexibility index (Phi) is 3.35. The molecule has 1 aromatic heterocycles. The Labute approximate surface area is 167 Å². The van der Waals surface area contributed by atoms with Crippen molar-refractivity contribution < 1.29 is 0 Å². The van der Waals surface area contributed by atoms with Crippen molar-refractivity contribution in [2.45, 2.75) is 6.92 Å². The molecule has 28 heavy (non-hydrogen) atoms. The summed E-state index contributed by atoms with van der Waals surface area (Å²) in [6, 6.07) is 33.5. The van der Waals surface area contributed by atoms with Gasteiger partial charge in [-0.3, -0.25) is 0 Å². The van der Waals surface area contributed by atoms with Crippen molar-refractivity contribution in [3.8, 4) is 11.1 Å². The van der Waals surface area contributed by atoms with Crippen molar-refractivity contribution in [3.63, 3.8) is 0 Å². The minimum absolute atomic E-state index is 1.29. The normalized spacial score (nSPS) is 11.8. The van der Waals surface area contributed by atoms with Crippen LogP contribution in [0.2, 0.25) is 0 Å². The van der Waals surface area contributed by atoms with E-state index in [0.29, 0.717) is 0 Å². The van der Waals surface area contributed by atoms with Crippen molar-refractivity contribution in [1.29, 1.82) is 0 Å². The maximum absolute atomic E-state index is 2.37. The average molecular weight is 375 g/mol. The van der Waals surface area contributed by atoms with Crippen molar-refractivity contribution in [2.24, 2.45) is 0 Å². The van der Waals surface area contributed by atoms with Crippen LogP contribution in [0.5, 0.6) is 0 Å². The van der Waals surface area contributed by atoms with Crippen molar-refractivity contribution in [3.05, 3.63) is 96.6 Å². The van der Waals surface area contributed by atoms with Crippen LogP contribution >= 0.6 is 11.3 Å². The number of rotatable bonds is 1. The lowest BCUT2D eigenvalue weighted by Gasteiger charge is -2.11. The molecule has 0 saturated carbocycles. The fourth-order valence-corrected chi connectivity index (χ4v) is 5.59. The summed E-state index contributed by atoms with van der Waals surface area (Å²) in [6.45, 7) is 2.16. The molecule has 0 radical (unpaired) electrons. The lowest BCUT2D eigenvalue weighted by Crippen LogP contribution is -1.84. The molecule has 0 bridgehead atoms. The summed E-state index contributed by atoms with van der Waals surface area (Å²) in [5, 5.41) is 7.97. The standard InChI is InChI=1S/C27H18S/c1-17-10-12-23-24-13-11-19(16-27(24)28-26(23)14-17)25-15-18-6-2-3-7-20(18)21-8-4-5-9-22(21)25/h2-16H,1H3. The zero-order valence-electron chi connectivity index (χ0n) is 15.6. The summed E-state index contributed by atoms with van der Waals surface area (Å²) in [5.74, 6) is 0. The lowest BCUT2D eigenvalue weighted by atomic mass is 9.93. The molecule has 0 aliphatic heterocycles. The number of aryl methyl sites for hydroxylation is 1. The third-order valence-corrected chi connectivity index (χ3v) is 6.82. The molecule has 0 saturated heterocycles. The molecule has 0 nitrogen and oxygen atoms in total. The largest absolute Gasteiger partial charge is 0.135 e. The highest BCUT2D eigenvalue weighted by atomic mass is 32.1. The summed E-state index contributed by atoms with van der Waals surface area (Å²) in [5.41, 5.74) is 3.92. The Morgan fingerprint density at radius 1 is 0.536 bits per heavy atom. The van der Waals surface area contributed by atoms with E-state index in [2.05, 4.69) is 97.9 Å². The molecule has 6 aromatic rings. The van der Waals surface area contributed by atoms with E-state index in [-0.39, 0.29) is 0 Å². The summed E-state index contributed by atoms with van der Waals surface area (Å²) in [4.78, 5) is 0. The lowest BCUT2D eigenvalue weighted by molar-refractivity contribution is 1.52. The molecule has 0 unspecified atom stereocenters. The highest BCUT2D eigenvalue weighted by molar-refractivity contribution is 7.25. The molecule has 0 aliphatic rings. The van der Waals surface area contributed by atoms with Gasteiger partial charge in [0.1, 0.15) is 0 Å². The molecule has 0 atom stereocenters. The zero-order chi connectivity index (χ0) is 18.7. The first kappa shape index (κ1) is 15.9. The van der Waals surface area contributed by atoms with Gasteiger partial charge in [0.2, 0.25) is 0 Å². The van der Waals surface area contributed by atoms with E-state index in [4.69, 9.17) is 0 Å². The SMILES string of the molecule is Cc1ccc2c(c1)sc1cc(-c3cc4ccccc4c4ccccc34)ccc12. The van der Waals surface area contributed by atoms with Crippen LogP contribution in [-0.4, -0.2) is 0 Å². The molecule has 5 aromatic carbocycles. The number of thiophene rings is 1. The molecule has 0 amide bonds. The van der Waals surface area contributed by atoms with E-state index < -0.39 is 0 Å². The van der Waals surface area contributed by atoms with Gasteiger partial charge in [-0.05, 0) is 63.4 Å². The van der Waals surface area contributed by atoms with E-state index >= 15 is 0 Å². The third kappa shape index (κ3) is 2.30. The highest BCUT2D eigenvalue weighted by Gasteiger charge is 2.11. The van der Waals surface area contributed by atoms with Crippen LogP contribution in [0.3, 0.4) is 0 Å². The van der Waals surface area contributed by atoms with Crippen molar-refractivity contribution >= 4 is 53.1 Å². The van der Waals surface area contributed by atoms with Crippen molar-refractivity contribution in [2.75, 3.05) is 0 Å². The molecule has 0 N–H and O–H groups in total. The van der Waals surface area contributed by atoms with Crippen LogP contribution in [0, 0.1) is 6.92 Å². The van der Waals surface area contributed by atoms with Crippen LogP contribution in [0.15, 0.2) is 91.0 Å². The molecular weight excluding hydrogens is 356 g/mol.